The number of carboxylic acid groups (broad SMARTS) is 2. The van der Waals surface area contributed by atoms with Crippen LogP contribution in [0, 0.1) is 36.9 Å². The summed E-state index contributed by atoms with van der Waals surface area (Å²) in [4.78, 5) is 42.4. The molecule has 0 aromatic carbocycles. The molecule has 0 saturated carbocycles. The Labute approximate surface area is 280 Å². The molecule has 1 radical (unpaired) electrons. The molecule has 3 aromatic heterocycles. The third-order valence-electron chi connectivity index (χ3n) is 8.26. The number of rotatable bonds is 4. The molecule has 14 heteroatoms. The first-order valence-corrected chi connectivity index (χ1v) is 14.4. The van der Waals surface area contributed by atoms with E-state index < -0.39 is 24.0 Å². The minimum Gasteiger partial charge on any atom is -0.480 e. The van der Waals surface area contributed by atoms with E-state index in [2.05, 4.69) is 20.1 Å². The van der Waals surface area contributed by atoms with Gasteiger partial charge < -0.3 is 10.2 Å². The Morgan fingerprint density at radius 1 is 0.698 bits per heavy atom. The van der Waals surface area contributed by atoms with Crippen molar-refractivity contribution in [2.24, 2.45) is 0 Å². The van der Waals surface area contributed by atoms with E-state index in [1.807, 2.05) is 50.9 Å². The molecule has 239 valence electrons. The van der Waals surface area contributed by atoms with Gasteiger partial charge in [-0.2, -0.15) is 0 Å². The van der Waals surface area contributed by atoms with Crippen molar-refractivity contribution in [3.8, 4) is 11.4 Å². The third kappa shape index (κ3) is 8.77. The van der Waals surface area contributed by atoms with Gasteiger partial charge in [-0.25, -0.2) is 9.67 Å². The van der Waals surface area contributed by atoms with Crippen LogP contribution in [0.1, 0.15) is 30.9 Å². The molecular weight excluding hydrogens is 713 g/mol. The summed E-state index contributed by atoms with van der Waals surface area (Å²) < 4.78 is 1.82. The summed E-state index contributed by atoms with van der Waals surface area (Å²) in [6, 6.07) is 10.5. The topological polar surface area (TPSA) is 144 Å². The van der Waals surface area contributed by atoms with Gasteiger partial charge in [-0.3, -0.25) is 34.2 Å². The number of hydrogen-bond donors (Lipinski definition) is 2. The van der Waals surface area contributed by atoms with Crippen LogP contribution in [0.25, 0.3) is 11.4 Å². The average molecular weight is 753 g/mol. The molecule has 3 aromatic rings. The Hall–Kier alpha value is -2.55. The minimum atomic E-state index is -0.849. The van der Waals surface area contributed by atoms with E-state index in [0.29, 0.717) is 72.0 Å². The molecule has 2 N–H and O–H groups in total. The Bertz CT molecular complexity index is 1350. The second-order valence-electron chi connectivity index (χ2n) is 11.1. The number of hydrogen-bond acceptors (Lipinski definition) is 10. The Morgan fingerprint density at radius 3 is 1.67 bits per heavy atom. The first kappa shape index (κ1) is 33.3. The third-order valence-corrected chi connectivity index (χ3v) is 8.26. The van der Waals surface area contributed by atoms with Gasteiger partial charge >= 0.3 is 11.9 Å². The summed E-state index contributed by atoms with van der Waals surface area (Å²) in [6.45, 7) is 9.70. The molecule has 3 aliphatic heterocycles. The Balaban J connectivity index is 0.00000423. The molecule has 6 bridgehead atoms. The van der Waals surface area contributed by atoms with Crippen molar-refractivity contribution in [1.29, 1.82) is 0 Å². The van der Waals surface area contributed by atoms with Crippen molar-refractivity contribution in [3.05, 3.63) is 59.7 Å². The molecule has 1 saturated heterocycles. The number of carbonyl (C=O) groups is 2. The molecule has 0 aliphatic carbocycles. The van der Waals surface area contributed by atoms with E-state index in [1.54, 1.807) is 20.0 Å². The van der Waals surface area contributed by atoms with Gasteiger partial charge in [0, 0.05) is 102 Å². The van der Waals surface area contributed by atoms with Crippen LogP contribution in [-0.2, 0) is 29.2 Å². The Morgan fingerprint density at radius 2 is 1.16 bits per heavy atom. The standard InChI is InChI=1S/C29H39N9O4.Lu/c1-21(28(39)40)36-13-9-34-10-14-37(22(2)29(41)42)16-12-35(11-15-36)19-24-7-4-8-26(32-24)27-17-30-33-38(27)20-25-6-3-5-23(18-34)31-25;/h3-8,17,21-22H,9-16,18-20H2,1-2H3,(H,39,40)(H,41,42);/t21-,22-;/m1./s1. The van der Waals surface area contributed by atoms with Gasteiger partial charge in [0.2, 0.25) is 0 Å². The molecule has 6 heterocycles. The monoisotopic (exact) mass is 752 g/mol. The molecule has 13 nitrogen and oxygen atoms in total. The summed E-state index contributed by atoms with van der Waals surface area (Å²) in [6.07, 6.45) is 1.71. The van der Waals surface area contributed by atoms with E-state index in [0.717, 1.165) is 28.5 Å². The van der Waals surface area contributed by atoms with Crippen LogP contribution < -0.4 is 0 Å². The van der Waals surface area contributed by atoms with Gasteiger partial charge in [-0.15, -0.1) is 5.10 Å². The average Bonchev–Trinajstić information content (AvgIpc) is 3.43. The van der Waals surface area contributed by atoms with Gasteiger partial charge in [0.15, 0.2) is 0 Å². The maximum absolute atomic E-state index is 12.0. The Kier molecular flexibility index (Phi) is 12.0. The number of aliphatic carboxylic acids is 2. The number of aromatic nitrogens is 5. The fourth-order valence-corrected chi connectivity index (χ4v) is 5.53. The van der Waals surface area contributed by atoms with E-state index in [1.165, 1.54) is 0 Å². The first-order chi connectivity index (χ1) is 20.3. The molecular formula is C29H39LuN9O4. The molecule has 1 fully saturated rings. The van der Waals surface area contributed by atoms with Gasteiger partial charge in [0.25, 0.3) is 0 Å². The number of carboxylic acids is 2. The molecule has 6 rings (SSSR count). The van der Waals surface area contributed by atoms with Crippen LogP contribution in [0.2, 0.25) is 0 Å². The van der Waals surface area contributed by atoms with Crippen molar-refractivity contribution in [1.82, 2.24) is 44.6 Å². The van der Waals surface area contributed by atoms with Crippen LogP contribution >= 0.6 is 0 Å². The zero-order chi connectivity index (χ0) is 29.6. The molecule has 0 spiro atoms. The normalized spacial score (nSPS) is 21.9. The first-order valence-electron chi connectivity index (χ1n) is 14.4. The SMILES string of the molecule is C[C@H](C(=O)O)N1CCN2CCN([C@H](C)C(=O)O)CCN(CC1)Cc1cccc(n1)-c1cnnn1Cc1cccc(n1)C2.[Lu]. The molecule has 3 aliphatic rings. The van der Waals surface area contributed by atoms with Gasteiger partial charge in [-0.1, -0.05) is 17.3 Å². The van der Waals surface area contributed by atoms with E-state index in [9.17, 15) is 19.8 Å². The van der Waals surface area contributed by atoms with Crippen LogP contribution in [0.4, 0.5) is 0 Å². The second-order valence-corrected chi connectivity index (χ2v) is 11.1. The van der Waals surface area contributed by atoms with E-state index in [4.69, 9.17) is 9.97 Å². The zero-order valence-electron chi connectivity index (χ0n) is 24.5. The van der Waals surface area contributed by atoms with E-state index in [-0.39, 0.29) is 36.9 Å². The zero-order valence-corrected chi connectivity index (χ0v) is 26.1. The minimum absolute atomic E-state index is 0. The summed E-state index contributed by atoms with van der Waals surface area (Å²) in [5, 5.41) is 28.2. The quantitative estimate of drug-likeness (QED) is 0.392. The van der Waals surface area contributed by atoms with Crippen molar-refractivity contribution in [2.75, 3.05) is 52.4 Å². The van der Waals surface area contributed by atoms with Crippen molar-refractivity contribution < 1.29 is 56.7 Å². The number of nitrogens with zero attached hydrogens (tertiary/aromatic N) is 9. The number of pyridine rings is 2. The summed E-state index contributed by atoms with van der Waals surface area (Å²) in [5.41, 5.74) is 4.12. The molecule has 0 amide bonds. The molecule has 2 atom stereocenters. The van der Waals surface area contributed by atoms with Crippen molar-refractivity contribution >= 4 is 11.9 Å². The smallest absolute Gasteiger partial charge is 0.320 e. The predicted octanol–water partition coefficient (Wildman–Crippen LogP) is 0.965. The maximum Gasteiger partial charge on any atom is 0.320 e. The fourth-order valence-electron chi connectivity index (χ4n) is 5.53. The summed E-state index contributed by atoms with van der Waals surface area (Å²) >= 11 is 0. The molecule has 0 unspecified atom stereocenters. The number of fused-ring (bicyclic) bond motifs is 8. The summed E-state index contributed by atoms with van der Waals surface area (Å²) in [7, 11) is 0. The van der Waals surface area contributed by atoms with Crippen molar-refractivity contribution in [3.63, 3.8) is 0 Å². The van der Waals surface area contributed by atoms with E-state index >= 15 is 0 Å². The summed E-state index contributed by atoms with van der Waals surface area (Å²) in [5.74, 6) is -1.70. The predicted molar refractivity (Wildman–Crippen MR) is 154 cm³/mol. The van der Waals surface area contributed by atoms with Gasteiger partial charge in [0.1, 0.15) is 17.8 Å². The van der Waals surface area contributed by atoms with Crippen molar-refractivity contribution in [2.45, 2.75) is 45.6 Å². The van der Waals surface area contributed by atoms with Crippen LogP contribution in [0.15, 0.2) is 42.6 Å². The van der Waals surface area contributed by atoms with Gasteiger partial charge in [-0.05, 0) is 38.1 Å². The second kappa shape index (κ2) is 15.4. The van der Waals surface area contributed by atoms with Crippen LogP contribution in [-0.4, -0.2) is 131 Å². The van der Waals surface area contributed by atoms with Crippen LogP contribution in [0.3, 0.4) is 0 Å². The van der Waals surface area contributed by atoms with Gasteiger partial charge in [0.05, 0.1) is 35.5 Å². The van der Waals surface area contributed by atoms with Crippen LogP contribution in [0.5, 0.6) is 0 Å². The largest absolute Gasteiger partial charge is 0.480 e. The maximum atomic E-state index is 12.0. The fraction of sp³-hybridized carbons (Fsp3) is 0.517. The molecule has 43 heavy (non-hydrogen) atoms.